The Kier molecular flexibility index (Phi) is 3.29. The van der Waals surface area contributed by atoms with Gasteiger partial charge in [0, 0.05) is 9.75 Å². The molecule has 1 unspecified atom stereocenters. The van der Waals surface area contributed by atoms with Crippen LogP contribution in [0.2, 0.25) is 0 Å². The monoisotopic (exact) mass is 184 g/mol. The molecule has 0 radical (unpaired) electrons. The van der Waals surface area contributed by atoms with Crippen molar-refractivity contribution in [3.63, 3.8) is 0 Å². The Morgan fingerprint density at radius 2 is 2.17 bits per heavy atom. The molecule has 0 bridgehead atoms. The van der Waals surface area contributed by atoms with Crippen LogP contribution in [0.4, 0.5) is 0 Å². The second-order valence-electron chi connectivity index (χ2n) is 3.19. The van der Waals surface area contributed by atoms with E-state index in [-0.39, 0.29) is 6.10 Å². The molecule has 1 aromatic heterocycles. The predicted molar refractivity (Wildman–Crippen MR) is 53.7 cm³/mol. The fraction of sp³-hybridized carbons (Fsp3) is 0.600. The zero-order chi connectivity index (χ0) is 9.14. The van der Waals surface area contributed by atoms with Gasteiger partial charge in [0.1, 0.15) is 0 Å². The van der Waals surface area contributed by atoms with Gasteiger partial charge < -0.3 is 5.11 Å². The Labute approximate surface area is 78.1 Å². The topological polar surface area (TPSA) is 20.2 Å². The maximum absolute atomic E-state index is 9.67. The Balaban J connectivity index is 2.74. The van der Waals surface area contributed by atoms with E-state index in [4.69, 9.17) is 0 Å². The van der Waals surface area contributed by atoms with Crippen molar-refractivity contribution in [3.8, 4) is 0 Å². The first-order chi connectivity index (χ1) is 5.65. The molecular weight excluding hydrogens is 168 g/mol. The summed E-state index contributed by atoms with van der Waals surface area (Å²) < 4.78 is 0. The smallest absolute Gasteiger partial charge is 0.0882 e. The van der Waals surface area contributed by atoms with Crippen LogP contribution in [0, 0.1) is 13.8 Å². The van der Waals surface area contributed by atoms with Crippen LogP contribution in [0.5, 0.6) is 0 Å². The first-order valence-corrected chi connectivity index (χ1v) is 5.21. The SMILES string of the molecule is CCCC(O)c1cc(C)c(C)s1. The van der Waals surface area contributed by atoms with E-state index in [0.29, 0.717) is 0 Å². The lowest BCUT2D eigenvalue weighted by molar-refractivity contribution is 0.170. The number of aryl methyl sites for hydroxylation is 2. The highest BCUT2D eigenvalue weighted by molar-refractivity contribution is 7.12. The van der Waals surface area contributed by atoms with Crippen molar-refractivity contribution in [2.45, 2.75) is 39.7 Å². The molecule has 0 aliphatic heterocycles. The summed E-state index contributed by atoms with van der Waals surface area (Å²) >= 11 is 1.71. The normalized spacial score (nSPS) is 13.3. The number of aliphatic hydroxyl groups excluding tert-OH is 1. The maximum atomic E-state index is 9.67. The van der Waals surface area contributed by atoms with Crippen LogP contribution in [0.15, 0.2) is 6.07 Å². The lowest BCUT2D eigenvalue weighted by atomic mass is 10.1. The molecular formula is C10H16OS. The summed E-state index contributed by atoms with van der Waals surface area (Å²) in [5.41, 5.74) is 1.30. The Hall–Kier alpha value is -0.340. The third kappa shape index (κ3) is 2.08. The highest BCUT2D eigenvalue weighted by atomic mass is 32.1. The molecule has 1 atom stereocenters. The van der Waals surface area contributed by atoms with Crippen LogP contribution in [-0.2, 0) is 0 Å². The van der Waals surface area contributed by atoms with E-state index in [1.807, 2.05) is 0 Å². The molecule has 2 heteroatoms. The quantitative estimate of drug-likeness (QED) is 0.765. The van der Waals surface area contributed by atoms with Crippen LogP contribution >= 0.6 is 11.3 Å². The van der Waals surface area contributed by atoms with Gasteiger partial charge in [-0.1, -0.05) is 13.3 Å². The van der Waals surface area contributed by atoms with Crippen molar-refractivity contribution >= 4 is 11.3 Å². The predicted octanol–water partition coefficient (Wildman–Crippen LogP) is 3.20. The average Bonchev–Trinajstić information content (AvgIpc) is 2.33. The zero-order valence-corrected chi connectivity index (χ0v) is 8.74. The third-order valence-electron chi connectivity index (χ3n) is 2.08. The highest BCUT2D eigenvalue weighted by Gasteiger charge is 2.09. The van der Waals surface area contributed by atoms with Crippen molar-refractivity contribution in [3.05, 3.63) is 21.4 Å². The van der Waals surface area contributed by atoms with Crippen molar-refractivity contribution < 1.29 is 5.11 Å². The Bertz CT molecular complexity index is 233. The minimum atomic E-state index is -0.243. The van der Waals surface area contributed by atoms with Crippen molar-refractivity contribution in [1.82, 2.24) is 0 Å². The molecule has 0 amide bonds. The summed E-state index contributed by atoms with van der Waals surface area (Å²) in [5, 5.41) is 9.67. The van der Waals surface area contributed by atoms with E-state index in [2.05, 4.69) is 26.8 Å². The third-order valence-corrected chi connectivity index (χ3v) is 3.33. The molecule has 1 nitrogen and oxygen atoms in total. The summed E-state index contributed by atoms with van der Waals surface area (Å²) in [4.78, 5) is 2.44. The van der Waals surface area contributed by atoms with Crippen LogP contribution < -0.4 is 0 Å². The van der Waals surface area contributed by atoms with Gasteiger partial charge in [-0.15, -0.1) is 11.3 Å². The lowest BCUT2D eigenvalue weighted by Crippen LogP contribution is -1.92. The molecule has 0 saturated carbocycles. The minimum absolute atomic E-state index is 0.243. The first-order valence-electron chi connectivity index (χ1n) is 4.40. The average molecular weight is 184 g/mol. The van der Waals surface area contributed by atoms with Gasteiger partial charge in [-0.3, -0.25) is 0 Å². The van der Waals surface area contributed by atoms with Gasteiger partial charge in [-0.05, 0) is 31.9 Å². The summed E-state index contributed by atoms with van der Waals surface area (Å²) in [6.07, 6.45) is 1.67. The van der Waals surface area contributed by atoms with Crippen molar-refractivity contribution in [1.29, 1.82) is 0 Å². The number of hydrogen-bond acceptors (Lipinski definition) is 2. The zero-order valence-electron chi connectivity index (χ0n) is 7.92. The highest BCUT2D eigenvalue weighted by Crippen LogP contribution is 2.28. The Morgan fingerprint density at radius 3 is 2.58 bits per heavy atom. The minimum Gasteiger partial charge on any atom is -0.388 e. The second kappa shape index (κ2) is 4.06. The number of thiophene rings is 1. The summed E-state index contributed by atoms with van der Waals surface area (Å²) in [6, 6.07) is 2.10. The molecule has 1 rings (SSSR count). The number of rotatable bonds is 3. The van der Waals surface area contributed by atoms with E-state index >= 15 is 0 Å². The molecule has 1 heterocycles. The van der Waals surface area contributed by atoms with Gasteiger partial charge in [-0.25, -0.2) is 0 Å². The van der Waals surface area contributed by atoms with Gasteiger partial charge >= 0.3 is 0 Å². The molecule has 1 aromatic rings. The molecule has 0 aliphatic rings. The molecule has 68 valence electrons. The van der Waals surface area contributed by atoms with Gasteiger partial charge in [0.2, 0.25) is 0 Å². The van der Waals surface area contributed by atoms with Crippen LogP contribution in [0.3, 0.4) is 0 Å². The molecule has 0 spiro atoms. The summed E-state index contributed by atoms with van der Waals surface area (Å²) in [7, 11) is 0. The maximum Gasteiger partial charge on any atom is 0.0882 e. The molecule has 0 aliphatic carbocycles. The summed E-state index contributed by atoms with van der Waals surface area (Å²) in [5.74, 6) is 0. The lowest BCUT2D eigenvalue weighted by Gasteiger charge is -2.04. The second-order valence-corrected chi connectivity index (χ2v) is 4.48. The van der Waals surface area contributed by atoms with E-state index in [9.17, 15) is 5.11 Å². The fourth-order valence-electron chi connectivity index (χ4n) is 1.18. The number of aliphatic hydroxyl groups is 1. The molecule has 0 saturated heterocycles. The van der Waals surface area contributed by atoms with Gasteiger partial charge in [0.25, 0.3) is 0 Å². The first kappa shape index (κ1) is 9.75. The Morgan fingerprint density at radius 1 is 1.50 bits per heavy atom. The van der Waals surface area contributed by atoms with E-state index in [0.717, 1.165) is 17.7 Å². The van der Waals surface area contributed by atoms with Gasteiger partial charge in [0.05, 0.1) is 6.10 Å². The number of hydrogen-bond donors (Lipinski definition) is 1. The van der Waals surface area contributed by atoms with E-state index in [1.54, 1.807) is 11.3 Å². The van der Waals surface area contributed by atoms with Crippen molar-refractivity contribution in [2.75, 3.05) is 0 Å². The summed E-state index contributed by atoms with van der Waals surface area (Å²) in [6.45, 7) is 6.28. The fourth-order valence-corrected chi connectivity index (χ4v) is 2.24. The molecule has 1 N–H and O–H groups in total. The molecule has 12 heavy (non-hydrogen) atoms. The molecule has 0 fully saturated rings. The molecule has 0 aromatic carbocycles. The largest absolute Gasteiger partial charge is 0.388 e. The van der Waals surface area contributed by atoms with Gasteiger partial charge in [-0.2, -0.15) is 0 Å². The van der Waals surface area contributed by atoms with E-state index < -0.39 is 0 Å². The van der Waals surface area contributed by atoms with E-state index in [1.165, 1.54) is 10.4 Å². The van der Waals surface area contributed by atoms with Crippen LogP contribution in [0.1, 0.15) is 41.2 Å². The van der Waals surface area contributed by atoms with Crippen molar-refractivity contribution in [2.24, 2.45) is 0 Å². The van der Waals surface area contributed by atoms with Gasteiger partial charge in [0.15, 0.2) is 0 Å². The van der Waals surface area contributed by atoms with Crippen LogP contribution in [-0.4, -0.2) is 5.11 Å². The standard InChI is InChI=1S/C10H16OS/c1-4-5-9(11)10-6-7(2)8(3)12-10/h6,9,11H,4-5H2,1-3H3. The van der Waals surface area contributed by atoms with Crippen LogP contribution in [0.25, 0.3) is 0 Å².